The van der Waals surface area contributed by atoms with Gasteiger partial charge in [-0.1, -0.05) is 0 Å². The van der Waals surface area contributed by atoms with E-state index in [-0.39, 0.29) is 0 Å². The maximum Gasteiger partial charge on any atom is 0.233 e. The molecular formula is C13H13BrN2O2. The molecule has 5 heteroatoms. The first-order valence-corrected chi connectivity index (χ1v) is 6.13. The van der Waals surface area contributed by atoms with Crippen LogP contribution >= 0.6 is 15.9 Å². The molecule has 1 aromatic carbocycles. The van der Waals surface area contributed by atoms with Crippen molar-refractivity contribution in [1.29, 1.82) is 0 Å². The standard InChI is InChI=1S/C13H13BrN2O2/c1-8-5-6-16-13(12(8)14)18-11-7-9(17-2)3-4-10(11)15/h3-7H,15H2,1-2H3. The minimum absolute atomic E-state index is 0.481. The van der Waals surface area contributed by atoms with E-state index in [2.05, 4.69) is 20.9 Å². The molecule has 0 amide bonds. The molecule has 0 bridgehead atoms. The van der Waals surface area contributed by atoms with E-state index in [1.807, 2.05) is 13.0 Å². The number of nitrogen functional groups attached to an aromatic ring is 1. The summed E-state index contributed by atoms with van der Waals surface area (Å²) in [5.41, 5.74) is 7.43. The number of hydrogen-bond acceptors (Lipinski definition) is 4. The van der Waals surface area contributed by atoms with E-state index in [4.69, 9.17) is 15.2 Å². The minimum Gasteiger partial charge on any atom is -0.497 e. The van der Waals surface area contributed by atoms with Crippen LogP contribution in [0.4, 0.5) is 5.69 Å². The Morgan fingerprint density at radius 1 is 1.28 bits per heavy atom. The summed E-state index contributed by atoms with van der Waals surface area (Å²) in [6.45, 7) is 1.97. The van der Waals surface area contributed by atoms with E-state index >= 15 is 0 Å². The monoisotopic (exact) mass is 308 g/mol. The maximum atomic E-state index is 5.86. The van der Waals surface area contributed by atoms with Crippen molar-refractivity contribution >= 4 is 21.6 Å². The van der Waals surface area contributed by atoms with Gasteiger partial charge in [0.2, 0.25) is 5.88 Å². The highest BCUT2D eigenvalue weighted by Gasteiger charge is 2.09. The molecule has 18 heavy (non-hydrogen) atoms. The zero-order chi connectivity index (χ0) is 13.1. The van der Waals surface area contributed by atoms with Crippen LogP contribution in [0.1, 0.15) is 5.56 Å². The van der Waals surface area contributed by atoms with Gasteiger partial charge < -0.3 is 15.2 Å². The van der Waals surface area contributed by atoms with Gasteiger partial charge in [-0.05, 0) is 46.6 Å². The molecule has 0 atom stereocenters. The molecule has 2 rings (SSSR count). The fourth-order valence-corrected chi connectivity index (χ4v) is 1.74. The number of nitrogens with zero attached hydrogens (tertiary/aromatic N) is 1. The largest absolute Gasteiger partial charge is 0.497 e. The number of pyridine rings is 1. The summed E-state index contributed by atoms with van der Waals surface area (Å²) in [6.07, 6.45) is 1.69. The molecule has 0 saturated heterocycles. The van der Waals surface area contributed by atoms with E-state index < -0.39 is 0 Å². The summed E-state index contributed by atoms with van der Waals surface area (Å²) < 4.78 is 11.6. The van der Waals surface area contributed by atoms with Gasteiger partial charge >= 0.3 is 0 Å². The van der Waals surface area contributed by atoms with Gasteiger partial charge in [0.25, 0.3) is 0 Å². The molecule has 0 aliphatic carbocycles. The summed E-state index contributed by atoms with van der Waals surface area (Å²) in [5, 5.41) is 0. The summed E-state index contributed by atoms with van der Waals surface area (Å²) in [5.74, 6) is 1.69. The molecule has 1 aromatic heterocycles. The Kier molecular flexibility index (Phi) is 3.72. The average molecular weight is 309 g/mol. The van der Waals surface area contributed by atoms with Gasteiger partial charge in [-0.2, -0.15) is 0 Å². The second-order valence-electron chi connectivity index (χ2n) is 3.75. The van der Waals surface area contributed by atoms with Gasteiger partial charge in [0.05, 0.1) is 17.3 Å². The number of ether oxygens (including phenoxy) is 2. The number of nitrogens with two attached hydrogens (primary N) is 1. The van der Waals surface area contributed by atoms with E-state index in [0.717, 1.165) is 10.0 Å². The Morgan fingerprint density at radius 2 is 2.06 bits per heavy atom. The molecule has 0 spiro atoms. The lowest BCUT2D eigenvalue weighted by molar-refractivity contribution is 0.407. The van der Waals surface area contributed by atoms with Crippen LogP contribution in [0.5, 0.6) is 17.4 Å². The van der Waals surface area contributed by atoms with Crippen LogP contribution in [-0.4, -0.2) is 12.1 Å². The van der Waals surface area contributed by atoms with E-state index in [1.165, 1.54) is 0 Å². The lowest BCUT2D eigenvalue weighted by Crippen LogP contribution is -1.96. The Labute approximate surface area is 114 Å². The zero-order valence-electron chi connectivity index (χ0n) is 10.1. The van der Waals surface area contributed by atoms with Crippen molar-refractivity contribution < 1.29 is 9.47 Å². The predicted octanol–water partition coefficient (Wildman–Crippen LogP) is 3.54. The Hall–Kier alpha value is -1.75. The fraction of sp³-hybridized carbons (Fsp3) is 0.154. The third-order valence-electron chi connectivity index (χ3n) is 2.48. The van der Waals surface area contributed by atoms with Crippen LogP contribution in [0, 0.1) is 6.92 Å². The molecule has 0 fully saturated rings. The minimum atomic E-state index is 0.481. The number of aryl methyl sites for hydroxylation is 1. The predicted molar refractivity (Wildman–Crippen MR) is 74.2 cm³/mol. The van der Waals surface area contributed by atoms with Crippen molar-refractivity contribution in [2.45, 2.75) is 6.92 Å². The lowest BCUT2D eigenvalue weighted by atomic mass is 10.3. The number of aromatic nitrogens is 1. The third kappa shape index (κ3) is 2.56. The van der Waals surface area contributed by atoms with Gasteiger partial charge in [-0.3, -0.25) is 0 Å². The number of benzene rings is 1. The van der Waals surface area contributed by atoms with Crippen LogP contribution in [-0.2, 0) is 0 Å². The molecule has 1 heterocycles. The summed E-state index contributed by atoms with van der Waals surface area (Å²) in [7, 11) is 1.59. The Bertz CT molecular complexity index is 573. The number of methoxy groups -OCH3 is 1. The average Bonchev–Trinajstić information content (AvgIpc) is 2.37. The molecule has 0 aliphatic rings. The fourth-order valence-electron chi connectivity index (χ4n) is 1.42. The first kappa shape index (κ1) is 12.7. The van der Waals surface area contributed by atoms with Crippen LogP contribution in [0.3, 0.4) is 0 Å². The van der Waals surface area contributed by atoms with E-state index in [1.54, 1.807) is 31.5 Å². The van der Waals surface area contributed by atoms with Crippen molar-refractivity contribution in [2.24, 2.45) is 0 Å². The molecule has 4 nitrogen and oxygen atoms in total. The van der Waals surface area contributed by atoms with Crippen molar-refractivity contribution in [3.05, 3.63) is 40.5 Å². The van der Waals surface area contributed by atoms with Gasteiger partial charge in [-0.15, -0.1) is 0 Å². The molecule has 2 aromatic rings. The second-order valence-corrected chi connectivity index (χ2v) is 4.55. The SMILES string of the molecule is COc1ccc(N)c(Oc2nccc(C)c2Br)c1. The third-order valence-corrected chi connectivity index (χ3v) is 3.44. The Morgan fingerprint density at radius 3 is 2.78 bits per heavy atom. The van der Waals surface area contributed by atoms with Crippen molar-refractivity contribution in [2.75, 3.05) is 12.8 Å². The van der Waals surface area contributed by atoms with Crippen molar-refractivity contribution in [1.82, 2.24) is 4.98 Å². The van der Waals surface area contributed by atoms with Crippen LogP contribution < -0.4 is 15.2 Å². The zero-order valence-corrected chi connectivity index (χ0v) is 11.7. The molecule has 0 radical (unpaired) electrons. The maximum absolute atomic E-state index is 5.86. The quantitative estimate of drug-likeness (QED) is 0.881. The van der Waals surface area contributed by atoms with Crippen LogP contribution in [0.25, 0.3) is 0 Å². The van der Waals surface area contributed by atoms with Crippen molar-refractivity contribution in [3.63, 3.8) is 0 Å². The molecular weight excluding hydrogens is 296 g/mol. The van der Waals surface area contributed by atoms with E-state index in [9.17, 15) is 0 Å². The van der Waals surface area contributed by atoms with Gasteiger partial charge in [0.15, 0.2) is 5.75 Å². The summed E-state index contributed by atoms with van der Waals surface area (Å²) in [4.78, 5) is 4.17. The second kappa shape index (κ2) is 5.27. The molecule has 2 N–H and O–H groups in total. The molecule has 0 saturated carbocycles. The summed E-state index contributed by atoms with van der Waals surface area (Å²) >= 11 is 3.44. The van der Waals surface area contributed by atoms with Gasteiger partial charge in [-0.25, -0.2) is 4.98 Å². The van der Waals surface area contributed by atoms with Gasteiger partial charge in [0, 0.05) is 12.3 Å². The first-order valence-electron chi connectivity index (χ1n) is 5.34. The first-order chi connectivity index (χ1) is 8.61. The molecule has 94 valence electrons. The number of anilines is 1. The number of hydrogen-bond donors (Lipinski definition) is 1. The molecule has 0 unspecified atom stereocenters. The van der Waals surface area contributed by atoms with Gasteiger partial charge in [0.1, 0.15) is 5.75 Å². The normalized spacial score (nSPS) is 10.2. The van der Waals surface area contributed by atoms with Crippen LogP contribution in [0.2, 0.25) is 0 Å². The Balaban J connectivity index is 2.36. The van der Waals surface area contributed by atoms with E-state index in [0.29, 0.717) is 23.1 Å². The highest BCUT2D eigenvalue weighted by atomic mass is 79.9. The topological polar surface area (TPSA) is 57.4 Å². The lowest BCUT2D eigenvalue weighted by Gasteiger charge is -2.11. The number of halogens is 1. The highest BCUT2D eigenvalue weighted by molar-refractivity contribution is 9.10. The summed E-state index contributed by atoms with van der Waals surface area (Å²) in [6, 6.07) is 7.14. The number of rotatable bonds is 3. The highest BCUT2D eigenvalue weighted by Crippen LogP contribution is 2.34. The van der Waals surface area contributed by atoms with Crippen molar-refractivity contribution in [3.8, 4) is 17.4 Å². The smallest absolute Gasteiger partial charge is 0.233 e. The molecule has 0 aliphatic heterocycles. The van der Waals surface area contributed by atoms with Crippen LogP contribution in [0.15, 0.2) is 34.9 Å².